The van der Waals surface area contributed by atoms with E-state index in [9.17, 15) is 9.59 Å². The topological polar surface area (TPSA) is 89.0 Å². The largest absolute Gasteiger partial charge is 0.497 e. The van der Waals surface area contributed by atoms with Gasteiger partial charge in [0.15, 0.2) is 11.8 Å². The fourth-order valence-corrected chi connectivity index (χ4v) is 3.94. The average Bonchev–Trinajstić information content (AvgIpc) is 3.18. The monoisotopic (exact) mass is 473 g/mol. The van der Waals surface area contributed by atoms with Crippen molar-refractivity contribution in [2.45, 2.75) is 6.92 Å². The van der Waals surface area contributed by atoms with E-state index in [2.05, 4.69) is 15.6 Å². The Morgan fingerprint density at radius 3 is 2.53 bits per heavy atom. The minimum atomic E-state index is -0.270. The highest BCUT2D eigenvalue weighted by molar-refractivity contribution is 8.18. The Bertz CT molecular complexity index is 1250. The maximum Gasteiger partial charge on any atom is 0.264 e. The lowest BCUT2D eigenvalue weighted by Crippen LogP contribution is -2.20. The SMILES string of the molecule is COc1ccc(N=C2NC(=O)/C(=C\c3ccccc3OCC(=O)Nc3ccc(C)cc3)S2)cc1. The van der Waals surface area contributed by atoms with Gasteiger partial charge in [0.1, 0.15) is 11.5 Å². The quantitative estimate of drug-likeness (QED) is 0.476. The normalized spacial score (nSPS) is 15.3. The highest BCUT2D eigenvalue weighted by Crippen LogP contribution is 2.31. The molecule has 0 atom stereocenters. The molecule has 4 rings (SSSR count). The number of amides is 2. The number of methoxy groups -OCH3 is 1. The standard InChI is InChI=1S/C26H23N3O4S/c1-17-7-9-19(10-8-17)27-24(30)16-33-22-6-4-3-5-18(22)15-23-25(31)29-26(34-23)28-20-11-13-21(32-2)14-12-20/h3-15H,16H2,1-2H3,(H,27,30)(H,28,29,31)/b23-15+. The van der Waals surface area contributed by atoms with Crippen molar-refractivity contribution in [3.05, 3.63) is 88.8 Å². The number of thioether (sulfide) groups is 1. The van der Waals surface area contributed by atoms with Crippen molar-refractivity contribution in [2.75, 3.05) is 19.0 Å². The van der Waals surface area contributed by atoms with Gasteiger partial charge < -0.3 is 20.1 Å². The van der Waals surface area contributed by atoms with Gasteiger partial charge >= 0.3 is 0 Å². The zero-order chi connectivity index (χ0) is 23.9. The Morgan fingerprint density at radius 1 is 1.06 bits per heavy atom. The van der Waals surface area contributed by atoms with Crippen molar-refractivity contribution in [1.82, 2.24) is 5.32 Å². The smallest absolute Gasteiger partial charge is 0.264 e. The fourth-order valence-electron chi connectivity index (χ4n) is 3.10. The fraction of sp³-hybridized carbons (Fsp3) is 0.115. The molecule has 0 radical (unpaired) electrons. The lowest BCUT2D eigenvalue weighted by Gasteiger charge is -2.10. The van der Waals surface area contributed by atoms with Crippen LogP contribution in [0.4, 0.5) is 11.4 Å². The van der Waals surface area contributed by atoms with Crippen molar-refractivity contribution in [1.29, 1.82) is 0 Å². The summed E-state index contributed by atoms with van der Waals surface area (Å²) < 4.78 is 10.9. The first-order chi connectivity index (χ1) is 16.5. The van der Waals surface area contributed by atoms with Crippen molar-refractivity contribution in [3.8, 4) is 11.5 Å². The van der Waals surface area contributed by atoms with E-state index in [0.29, 0.717) is 32.8 Å². The minimum Gasteiger partial charge on any atom is -0.497 e. The van der Waals surface area contributed by atoms with E-state index in [1.807, 2.05) is 61.5 Å². The molecule has 0 spiro atoms. The molecule has 1 aliphatic heterocycles. The van der Waals surface area contributed by atoms with E-state index < -0.39 is 0 Å². The summed E-state index contributed by atoms with van der Waals surface area (Å²) in [5.41, 5.74) is 3.21. The molecule has 3 aromatic rings. The highest BCUT2D eigenvalue weighted by atomic mass is 32.2. The van der Waals surface area contributed by atoms with Crippen LogP contribution in [-0.4, -0.2) is 30.7 Å². The summed E-state index contributed by atoms with van der Waals surface area (Å²) in [5.74, 6) is 0.720. The van der Waals surface area contributed by atoms with Crippen molar-refractivity contribution < 1.29 is 19.1 Å². The van der Waals surface area contributed by atoms with E-state index in [1.165, 1.54) is 11.8 Å². The van der Waals surface area contributed by atoms with Gasteiger partial charge in [0, 0.05) is 11.3 Å². The number of aliphatic imine (C=N–C) groups is 1. The number of para-hydroxylation sites is 1. The summed E-state index contributed by atoms with van der Waals surface area (Å²) in [4.78, 5) is 29.7. The molecule has 0 bridgehead atoms. The second-order valence-corrected chi connectivity index (χ2v) is 8.45. The number of carbonyl (C=O) groups is 2. The van der Waals surface area contributed by atoms with Gasteiger partial charge in [0.05, 0.1) is 17.7 Å². The molecule has 172 valence electrons. The Balaban J connectivity index is 1.42. The number of hydrogen-bond acceptors (Lipinski definition) is 6. The summed E-state index contributed by atoms with van der Waals surface area (Å²) >= 11 is 1.24. The highest BCUT2D eigenvalue weighted by Gasteiger charge is 2.24. The molecule has 0 unspecified atom stereocenters. The first kappa shape index (κ1) is 23.1. The molecule has 2 N–H and O–H groups in total. The molecule has 1 aliphatic rings. The zero-order valence-electron chi connectivity index (χ0n) is 18.7. The molecule has 1 fully saturated rings. The third-order valence-electron chi connectivity index (χ3n) is 4.85. The number of nitrogens with zero attached hydrogens (tertiary/aromatic N) is 1. The number of nitrogens with one attached hydrogen (secondary N) is 2. The molecular formula is C26H23N3O4S. The third-order valence-corrected chi connectivity index (χ3v) is 5.76. The van der Waals surface area contributed by atoms with Gasteiger partial charge in [-0.25, -0.2) is 4.99 Å². The predicted molar refractivity (Wildman–Crippen MR) is 136 cm³/mol. The zero-order valence-corrected chi connectivity index (χ0v) is 19.5. The molecular weight excluding hydrogens is 450 g/mol. The maximum atomic E-state index is 12.5. The number of amidine groups is 1. The molecule has 0 aliphatic carbocycles. The molecule has 34 heavy (non-hydrogen) atoms. The van der Waals surface area contributed by atoms with E-state index in [1.54, 1.807) is 31.4 Å². The second kappa shape index (κ2) is 10.7. The van der Waals surface area contributed by atoms with E-state index in [-0.39, 0.29) is 18.4 Å². The van der Waals surface area contributed by atoms with Crippen LogP contribution in [0.15, 0.2) is 82.7 Å². The third kappa shape index (κ3) is 6.05. The van der Waals surface area contributed by atoms with Gasteiger partial charge in [-0.3, -0.25) is 9.59 Å². The first-order valence-electron chi connectivity index (χ1n) is 10.5. The number of hydrogen-bond donors (Lipinski definition) is 2. The number of rotatable bonds is 7. The lowest BCUT2D eigenvalue weighted by molar-refractivity contribution is -0.118. The lowest BCUT2D eigenvalue weighted by atomic mass is 10.2. The Hall–Kier alpha value is -4.04. The van der Waals surface area contributed by atoms with Gasteiger partial charge in [-0.15, -0.1) is 0 Å². The summed E-state index contributed by atoms with van der Waals surface area (Å²) in [5, 5.41) is 6.06. The van der Waals surface area contributed by atoms with Crippen LogP contribution < -0.4 is 20.1 Å². The number of carbonyl (C=O) groups excluding carboxylic acids is 2. The van der Waals surface area contributed by atoms with Crippen molar-refractivity contribution >= 4 is 46.2 Å². The van der Waals surface area contributed by atoms with Gasteiger partial charge in [-0.05, 0) is 67.2 Å². The summed E-state index contributed by atoms with van der Waals surface area (Å²) in [7, 11) is 1.60. The summed E-state index contributed by atoms with van der Waals surface area (Å²) in [6.45, 7) is 1.83. The van der Waals surface area contributed by atoms with E-state index >= 15 is 0 Å². The Labute approximate surface area is 201 Å². The van der Waals surface area contributed by atoms with Crippen LogP contribution in [-0.2, 0) is 9.59 Å². The molecule has 7 nitrogen and oxygen atoms in total. The molecule has 1 saturated heterocycles. The van der Waals surface area contributed by atoms with Crippen LogP contribution in [0.25, 0.3) is 6.08 Å². The van der Waals surface area contributed by atoms with Gasteiger partial charge in [-0.2, -0.15) is 0 Å². The van der Waals surface area contributed by atoms with Gasteiger partial charge in [0.2, 0.25) is 0 Å². The van der Waals surface area contributed by atoms with Crippen LogP contribution in [0, 0.1) is 6.92 Å². The molecule has 8 heteroatoms. The first-order valence-corrected chi connectivity index (χ1v) is 11.3. The van der Waals surface area contributed by atoms with E-state index in [0.717, 1.165) is 11.3 Å². The van der Waals surface area contributed by atoms with Crippen LogP contribution >= 0.6 is 11.8 Å². The van der Waals surface area contributed by atoms with Crippen molar-refractivity contribution in [3.63, 3.8) is 0 Å². The molecule has 0 aromatic heterocycles. The van der Waals surface area contributed by atoms with Crippen LogP contribution in [0.1, 0.15) is 11.1 Å². The Kier molecular flexibility index (Phi) is 7.29. The Morgan fingerprint density at radius 2 is 1.79 bits per heavy atom. The molecule has 2 amide bonds. The van der Waals surface area contributed by atoms with Gasteiger partial charge in [-0.1, -0.05) is 35.9 Å². The van der Waals surface area contributed by atoms with Crippen molar-refractivity contribution in [2.24, 2.45) is 4.99 Å². The van der Waals surface area contributed by atoms with Crippen LogP contribution in [0.2, 0.25) is 0 Å². The number of benzene rings is 3. The number of anilines is 1. The average molecular weight is 474 g/mol. The minimum absolute atomic E-state index is 0.155. The van der Waals surface area contributed by atoms with E-state index in [4.69, 9.17) is 9.47 Å². The van der Waals surface area contributed by atoms with Gasteiger partial charge in [0.25, 0.3) is 11.8 Å². The number of aryl methyl sites for hydroxylation is 1. The van der Waals surface area contributed by atoms with Crippen LogP contribution in [0.5, 0.6) is 11.5 Å². The summed E-state index contributed by atoms with van der Waals surface area (Å²) in [6.07, 6.45) is 1.73. The summed E-state index contributed by atoms with van der Waals surface area (Å²) in [6, 6.07) is 22.0. The maximum absolute atomic E-state index is 12.5. The molecule has 0 saturated carbocycles. The second-order valence-electron chi connectivity index (χ2n) is 7.42. The molecule has 1 heterocycles. The van der Waals surface area contributed by atoms with Crippen LogP contribution in [0.3, 0.4) is 0 Å². The molecule has 3 aromatic carbocycles. The predicted octanol–water partition coefficient (Wildman–Crippen LogP) is 4.91. The number of ether oxygens (including phenoxy) is 2.